The van der Waals surface area contributed by atoms with E-state index in [1.807, 2.05) is 6.07 Å². The summed E-state index contributed by atoms with van der Waals surface area (Å²) in [6, 6.07) is 13.5. The van der Waals surface area contributed by atoms with Gasteiger partial charge in [-0.05, 0) is 24.6 Å². The summed E-state index contributed by atoms with van der Waals surface area (Å²) in [6.45, 7) is 3.21. The SMILES string of the molecule is Cc1ccc([C@H]2COc3cc(C(=O)O)ccc3CN2)cc1.Cl. The van der Waals surface area contributed by atoms with Crippen LogP contribution in [0.15, 0.2) is 42.5 Å². The van der Waals surface area contributed by atoms with E-state index in [4.69, 9.17) is 9.84 Å². The van der Waals surface area contributed by atoms with Crippen LogP contribution in [-0.4, -0.2) is 17.7 Å². The molecule has 22 heavy (non-hydrogen) atoms. The Hall–Kier alpha value is -2.04. The Labute approximate surface area is 135 Å². The Bertz CT molecular complexity index is 670. The molecule has 1 atom stereocenters. The molecule has 0 spiro atoms. The number of ether oxygens (including phenoxy) is 1. The molecule has 0 saturated carbocycles. The van der Waals surface area contributed by atoms with Crippen molar-refractivity contribution in [3.8, 4) is 5.75 Å². The second kappa shape index (κ2) is 6.81. The van der Waals surface area contributed by atoms with Crippen molar-refractivity contribution in [1.29, 1.82) is 0 Å². The number of hydrogen-bond donors (Lipinski definition) is 2. The van der Waals surface area contributed by atoms with Gasteiger partial charge in [-0.15, -0.1) is 12.4 Å². The van der Waals surface area contributed by atoms with Gasteiger partial charge in [0.25, 0.3) is 0 Å². The molecule has 1 aliphatic rings. The van der Waals surface area contributed by atoms with E-state index in [1.165, 1.54) is 11.1 Å². The zero-order valence-corrected chi connectivity index (χ0v) is 13.0. The van der Waals surface area contributed by atoms with Crippen molar-refractivity contribution in [2.45, 2.75) is 19.5 Å². The highest BCUT2D eigenvalue weighted by Gasteiger charge is 2.19. The molecule has 2 N–H and O–H groups in total. The molecule has 3 rings (SSSR count). The van der Waals surface area contributed by atoms with Gasteiger partial charge in [-0.2, -0.15) is 0 Å². The van der Waals surface area contributed by atoms with Crippen molar-refractivity contribution >= 4 is 18.4 Å². The largest absolute Gasteiger partial charge is 0.491 e. The quantitative estimate of drug-likeness (QED) is 0.891. The van der Waals surface area contributed by atoms with Gasteiger partial charge in [0.2, 0.25) is 0 Å². The van der Waals surface area contributed by atoms with Crippen LogP contribution >= 0.6 is 12.4 Å². The fourth-order valence-corrected chi connectivity index (χ4v) is 2.45. The van der Waals surface area contributed by atoms with Crippen LogP contribution in [0.3, 0.4) is 0 Å². The lowest BCUT2D eigenvalue weighted by Gasteiger charge is -2.16. The third kappa shape index (κ3) is 3.40. The van der Waals surface area contributed by atoms with Crippen LogP contribution in [0.4, 0.5) is 0 Å². The molecule has 0 aromatic heterocycles. The molecule has 2 aromatic carbocycles. The van der Waals surface area contributed by atoms with Crippen molar-refractivity contribution in [2.24, 2.45) is 0 Å². The van der Waals surface area contributed by atoms with E-state index in [0.29, 0.717) is 18.9 Å². The number of hydrogen-bond acceptors (Lipinski definition) is 3. The monoisotopic (exact) mass is 319 g/mol. The van der Waals surface area contributed by atoms with Gasteiger partial charge in [0.1, 0.15) is 12.4 Å². The van der Waals surface area contributed by atoms with Gasteiger partial charge < -0.3 is 15.2 Å². The zero-order valence-electron chi connectivity index (χ0n) is 12.2. The van der Waals surface area contributed by atoms with E-state index in [9.17, 15) is 4.79 Å². The van der Waals surface area contributed by atoms with Crippen molar-refractivity contribution in [3.05, 3.63) is 64.7 Å². The molecule has 1 heterocycles. The van der Waals surface area contributed by atoms with E-state index in [-0.39, 0.29) is 24.0 Å². The van der Waals surface area contributed by atoms with Crippen LogP contribution in [0, 0.1) is 6.92 Å². The first kappa shape index (κ1) is 16.3. The van der Waals surface area contributed by atoms with Gasteiger partial charge in [-0.25, -0.2) is 4.79 Å². The third-order valence-electron chi connectivity index (χ3n) is 3.74. The number of carbonyl (C=O) groups is 1. The molecule has 0 unspecified atom stereocenters. The van der Waals surface area contributed by atoms with Crippen LogP contribution in [0.5, 0.6) is 5.75 Å². The Kier molecular flexibility index (Phi) is 5.06. The molecule has 116 valence electrons. The topological polar surface area (TPSA) is 58.6 Å². The van der Waals surface area contributed by atoms with E-state index < -0.39 is 5.97 Å². The summed E-state index contributed by atoms with van der Waals surface area (Å²) in [6.07, 6.45) is 0. The average molecular weight is 320 g/mol. The van der Waals surface area contributed by atoms with Gasteiger partial charge >= 0.3 is 5.97 Å². The van der Waals surface area contributed by atoms with E-state index in [2.05, 4.69) is 36.5 Å². The van der Waals surface area contributed by atoms with Gasteiger partial charge in [0, 0.05) is 12.1 Å². The molecule has 0 amide bonds. The maximum absolute atomic E-state index is 11.0. The maximum Gasteiger partial charge on any atom is 0.335 e. The second-order valence-electron chi connectivity index (χ2n) is 5.28. The fraction of sp³-hybridized carbons (Fsp3) is 0.235. The molecule has 0 bridgehead atoms. The molecule has 2 aromatic rings. The average Bonchev–Trinajstić information content (AvgIpc) is 2.70. The number of nitrogens with one attached hydrogen (secondary N) is 1. The Morgan fingerprint density at radius 3 is 2.64 bits per heavy atom. The zero-order chi connectivity index (χ0) is 14.8. The summed E-state index contributed by atoms with van der Waals surface area (Å²) in [7, 11) is 0. The summed E-state index contributed by atoms with van der Waals surface area (Å²) in [5.41, 5.74) is 3.63. The smallest absolute Gasteiger partial charge is 0.335 e. The highest BCUT2D eigenvalue weighted by molar-refractivity contribution is 5.88. The summed E-state index contributed by atoms with van der Waals surface area (Å²) in [4.78, 5) is 11.0. The first-order valence-electron chi connectivity index (χ1n) is 6.92. The van der Waals surface area contributed by atoms with E-state index in [0.717, 1.165) is 5.56 Å². The molecule has 0 fully saturated rings. The summed E-state index contributed by atoms with van der Waals surface area (Å²) in [5.74, 6) is -0.286. The summed E-state index contributed by atoms with van der Waals surface area (Å²) >= 11 is 0. The predicted molar refractivity (Wildman–Crippen MR) is 86.9 cm³/mol. The minimum atomic E-state index is -0.936. The Morgan fingerprint density at radius 2 is 1.95 bits per heavy atom. The number of carboxylic acids is 1. The van der Waals surface area contributed by atoms with Gasteiger partial charge in [-0.3, -0.25) is 0 Å². The lowest BCUT2D eigenvalue weighted by Crippen LogP contribution is -2.23. The number of fused-ring (bicyclic) bond motifs is 1. The lowest BCUT2D eigenvalue weighted by molar-refractivity contribution is 0.0696. The first-order valence-corrected chi connectivity index (χ1v) is 6.92. The molecule has 4 nitrogen and oxygen atoms in total. The van der Waals surface area contributed by atoms with Gasteiger partial charge in [-0.1, -0.05) is 35.9 Å². The highest BCUT2D eigenvalue weighted by atomic mass is 35.5. The Balaban J connectivity index is 0.00000176. The van der Waals surface area contributed by atoms with Crippen LogP contribution in [0.25, 0.3) is 0 Å². The summed E-state index contributed by atoms with van der Waals surface area (Å²) in [5, 5.41) is 12.5. The number of aryl methyl sites for hydroxylation is 1. The molecular formula is C17H18ClNO3. The Morgan fingerprint density at radius 1 is 1.23 bits per heavy atom. The normalized spacial score (nSPS) is 16.7. The van der Waals surface area contributed by atoms with Crippen LogP contribution in [0.1, 0.15) is 33.1 Å². The van der Waals surface area contributed by atoms with E-state index in [1.54, 1.807) is 12.1 Å². The summed E-state index contributed by atoms with van der Waals surface area (Å²) < 4.78 is 5.81. The molecule has 0 aliphatic carbocycles. The predicted octanol–water partition coefficient (Wildman–Crippen LogP) is 3.34. The standard InChI is InChI=1S/C17H17NO3.ClH/c1-11-2-4-12(5-3-11)15-10-21-16-8-13(17(19)20)6-7-14(16)9-18-15;/h2-8,15,18H,9-10H2,1H3,(H,19,20);1H/t15-;/m1./s1. The van der Waals surface area contributed by atoms with Crippen LogP contribution < -0.4 is 10.1 Å². The maximum atomic E-state index is 11.0. The van der Waals surface area contributed by atoms with Gasteiger partial charge in [0.15, 0.2) is 0 Å². The van der Waals surface area contributed by atoms with Crippen molar-refractivity contribution < 1.29 is 14.6 Å². The lowest BCUT2D eigenvalue weighted by atomic mass is 10.1. The van der Waals surface area contributed by atoms with E-state index >= 15 is 0 Å². The third-order valence-corrected chi connectivity index (χ3v) is 3.74. The minimum absolute atomic E-state index is 0. The highest BCUT2D eigenvalue weighted by Crippen LogP contribution is 2.26. The first-order chi connectivity index (χ1) is 10.1. The molecule has 0 saturated heterocycles. The number of aromatic carboxylic acids is 1. The van der Waals surface area contributed by atoms with Crippen LogP contribution in [0.2, 0.25) is 0 Å². The van der Waals surface area contributed by atoms with Crippen molar-refractivity contribution in [2.75, 3.05) is 6.61 Å². The van der Waals surface area contributed by atoms with Crippen molar-refractivity contribution in [1.82, 2.24) is 5.32 Å². The molecule has 1 aliphatic heterocycles. The molecule has 0 radical (unpaired) electrons. The second-order valence-corrected chi connectivity index (χ2v) is 5.28. The number of halogens is 1. The number of rotatable bonds is 2. The van der Waals surface area contributed by atoms with Crippen molar-refractivity contribution in [3.63, 3.8) is 0 Å². The van der Waals surface area contributed by atoms with Gasteiger partial charge in [0.05, 0.1) is 11.6 Å². The number of carboxylic acid groups (broad SMARTS) is 1. The number of benzene rings is 2. The fourth-order valence-electron chi connectivity index (χ4n) is 2.45. The minimum Gasteiger partial charge on any atom is -0.491 e. The molecular weight excluding hydrogens is 302 g/mol. The molecule has 5 heteroatoms. The van der Waals surface area contributed by atoms with Crippen LogP contribution in [-0.2, 0) is 6.54 Å².